The van der Waals surface area contributed by atoms with Crippen molar-refractivity contribution in [1.82, 2.24) is 10.2 Å². The van der Waals surface area contributed by atoms with E-state index in [9.17, 15) is 9.59 Å². The molecule has 0 saturated heterocycles. The van der Waals surface area contributed by atoms with Gasteiger partial charge in [-0.2, -0.15) is 0 Å². The van der Waals surface area contributed by atoms with Crippen LogP contribution in [0, 0.1) is 0 Å². The van der Waals surface area contributed by atoms with Gasteiger partial charge in [0, 0.05) is 5.56 Å². The van der Waals surface area contributed by atoms with Crippen molar-refractivity contribution >= 4 is 17.3 Å². The Hall–Kier alpha value is -2.73. The number of hydroxylamine groups is 2. The molecule has 0 unspecified atom stereocenters. The predicted octanol–water partition coefficient (Wildman–Crippen LogP) is 1.71. The third kappa shape index (κ3) is 3.06. The zero-order chi connectivity index (χ0) is 14.7. The molecule has 106 valence electrons. The number of nitrogens with zero attached hydrogens (tertiary/aromatic N) is 2. The molecule has 3 rings (SSSR count). The van der Waals surface area contributed by atoms with Gasteiger partial charge in [-0.15, -0.1) is 5.06 Å². The van der Waals surface area contributed by atoms with Crippen molar-refractivity contribution in [1.29, 1.82) is 0 Å². The van der Waals surface area contributed by atoms with E-state index >= 15 is 0 Å². The fraction of sp³-hybridized carbons (Fsp3) is 0.133. The van der Waals surface area contributed by atoms with Crippen molar-refractivity contribution in [3.8, 4) is 0 Å². The van der Waals surface area contributed by atoms with Crippen LogP contribution in [0.5, 0.6) is 0 Å². The predicted molar refractivity (Wildman–Crippen MR) is 72.9 cm³/mol. The fourth-order valence-corrected chi connectivity index (χ4v) is 2.05. The Morgan fingerprint density at radius 2 is 2.05 bits per heavy atom. The van der Waals surface area contributed by atoms with Gasteiger partial charge in [0.05, 0.1) is 24.8 Å². The van der Waals surface area contributed by atoms with Crippen LogP contribution in [0.15, 0.2) is 53.4 Å². The lowest BCUT2D eigenvalue weighted by molar-refractivity contribution is -0.133. The largest absolute Gasteiger partial charge is 0.364 e. The first-order valence-electron chi connectivity index (χ1n) is 6.38. The number of aromatic nitrogens is 1. The second kappa shape index (κ2) is 5.72. The highest BCUT2D eigenvalue weighted by atomic mass is 16.7. The Morgan fingerprint density at radius 1 is 1.24 bits per heavy atom. The highest BCUT2D eigenvalue weighted by molar-refractivity contribution is 6.00. The minimum atomic E-state index is -0.491. The van der Waals surface area contributed by atoms with Gasteiger partial charge in [0.1, 0.15) is 6.26 Å². The fourth-order valence-electron chi connectivity index (χ4n) is 2.05. The molecule has 0 saturated carbocycles. The van der Waals surface area contributed by atoms with Gasteiger partial charge in [-0.05, 0) is 23.8 Å². The van der Waals surface area contributed by atoms with Gasteiger partial charge in [0.15, 0.2) is 5.78 Å². The first-order valence-corrected chi connectivity index (χ1v) is 6.38. The lowest BCUT2D eigenvalue weighted by Crippen LogP contribution is -2.36. The van der Waals surface area contributed by atoms with E-state index in [2.05, 4.69) is 5.16 Å². The van der Waals surface area contributed by atoms with Crippen LogP contribution in [-0.2, 0) is 9.63 Å². The molecule has 1 aromatic heterocycles. The molecule has 0 radical (unpaired) electrons. The summed E-state index contributed by atoms with van der Waals surface area (Å²) >= 11 is 0. The third-order valence-electron chi connectivity index (χ3n) is 3.04. The summed E-state index contributed by atoms with van der Waals surface area (Å²) in [6, 6.07) is 8.63. The molecule has 0 fully saturated rings. The topological polar surface area (TPSA) is 72.6 Å². The molecular weight excluding hydrogens is 272 g/mol. The third-order valence-corrected chi connectivity index (χ3v) is 3.04. The quantitative estimate of drug-likeness (QED) is 0.854. The van der Waals surface area contributed by atoms with Crippen LogP contribution in [0.2, 0.25) is 0 Å². The smallest absolute Gasteiger partial charge is 0.357 e. The molecule has 0 atom stereocenters. The molecule has 2 aromatic rings. The number of hydrogen-bond donors (Lipinski definition) is 0. The number of hydrogen-bond acceptors (Lipinski definition) is 6. The highest BCUT2D eigenvalue weighted by Crippen LogP contribution is 2.19. The first kappa shape index (κ1) is 13.3. The number of benzene rings is 1. The van der Waals surface area contributed by atoms with E-state index in [4.69, 9.17) is 9.36 Å². The summed E-state index contributed by atoms with van der Waals surface area (Å²) in [6.07, 6.45) is 4.47. The number of rotatable bonds is 3. The zero-order valence-electron chi connectivity index (χ0n) is 11.1. The number of carbonyl (C=O) groups is 2. The van der Waals surface area contributed by atoms with Crippen molar-refractivity contribution in [3.05, 3.63) is 60.0 Å². The van der Waals surface area contributed by atoms with Gasteiger partial charge in [0.25, 0.3) is 0 Å². The molecule has 0 N–H and O–H groups in total. The van der Waals surface area contributed by atoms with Crippen LogP contribution >= 0.6 is 0 Å². The van der Waals surface area contributed by atoms with Gasteiger partial charge < -0.3 is 9.36 Å². The normalized spacial score (nSPS) is 15.6. The van der Waals surface area contributed by atoms with Crippen molar-refractivity contribution in [3.63, 3.8) is 0 Å². The van der Waals surface area contributed by atoms with Gasteiger partial charge in [-0.25, -0.2) is 4.79 Å². The van der Waals surface area contributed by atoms with Crippen molar-refractivity contribution in [2.75, 3.05) is 13.1 Å². The minimum Gasteiger partial charge on any atom is -0.364 e. The van der Waals surface area contributed by atoms with E-state index < -0.39 is 5.97 Å². The van der Waals surface area contributed by atoms with Crippen LogP contribution in [0.3, 0.4) is 0 Å². The molecular formula is C15H12N2O4. The number of carbonyl (C=O) groups excluding carboxylic acids is 2. The van der Waals surface area contributed by atoms with Crippen LogP contribution in [0.1, 0.15) is 15.9 Å². The second-order valence-corrected chi connectivity index (χ2v) is 4.59. The second-order valence-electron chi connectivity index (χ2n) is 4.59. The maximum absolute atomic E-state index is 12.0. The maximum atomic E-state index is 12.0. The molecule has 0 bridgehead atoms. The molecule has 0 spiro atoms. The van der Waals surface area contributed by atoms with E-state index in [1.54, 1.807) is 24.3 Å². The van der Waals surface area contributed by atoms with Crippen LogP contribution in [0.25, 0.3) is 5.57 Å². The Morgan fingerprint density at radius 3 is 2.76 bits per heavy atom. The highest BCUT2D eigenvalue weighted by Gasteiger charge is 2.23. The summed E-state index contributed by atoms with van der Waals surface area (Å²) < 4.78 is 4.76. The Bertz CT molecular complexity index is 677. The Balaban J connectivity index is 1.72. The monoisotopic (exact) mass is 284 g/mol. The van der Waals surface area contributed by atoms with E-state index in [0.29, 0.717) is 23.2 Å². The average molecular weight is 284 g/mol. The Kier molecular flexibility index (Phi) is 3.61. The summed E-state index contributed by atoms with van der Waals surface area (Å²) in [7, 11) is 0. The van der Waals surface area contributed by atoms with Gasteiger partial charge in [-0.3, -0.25) is 4.79 Å². The standard InChI is InChI=1S/C15H12N2O4/c18-14-6-12(13-7-16-20-10-13)8-17(9-14)21-15(19)11-4-2-1-3-5-11/h1-7,10H,8-9H2. The number of ketones is 1. The van der Waals surface area contributed by atoms with Gasteiger partial charge in [-0.1, -0.05) is 23.4 Å². The van der Waals surface area contributed by atoms with Crippen LogP contribution in [0.4, 0.5) is 0 Å². The van der Waals surface area contributed by atoms with E-state index in [-0.39, 0.29) is 12.3 Å². The van der Waals surface area contributed by atoms with Gasteiger partial charge >= 0.3 is 5.97 Å². The molecule has 21 heavy (non-hydrogen) atoms. The maximum Gasteiger partial charge on any atom is 0.357 e. The SMILES string of the molecule is O=C1C=C(c2cnoc2)CN(OC(=O)c2ccccc2)C1. The van der Waals surface area contributed by atoms with Gasteiger partial charge in [0.2, 0.25) is 0 Å². The summed E-state index contributed by atoms with van der Waals surface area (Å²) in [4.78, 5) is 29.0. The van der Waals surface area contributed by atoms with Crippen molar-refractivity contribution < 1.29 is 18.9 Å². The molecule has 1 aromatic carbocycles. The molecule has 0 aliphatic carbocycles. The van der Waals surface area contributed by atoms with E-state index in [1.165, 1.54) is 23.6 Å². The molecule has 6 nitrogen and oxygen atoms in total. The van der Waals surface area contributed by atoms with Crippen molar-refractivity contribution in [2.45, 2.75) is 0 Å². The van der Waals surface area contributed by atoms with E-state index in [1.807, 2.05) is 6.07 Å². The molecule has 1 aliphatic heterocycles. The van der Waals surface area contributed by atoms with Crippen LogP contribution in [-0.4, -0.2) is 35.1 Å². The zero-order valence-corrected chi connectivity index (χ0v) is 11.1. The lowest BCUT2D eigenvalue weighted by Gasteiger charge is -2.24. The summed E-state index contributed by atoms with van der Waals surface area (Å²) in [5.41, 5.74) is 1.84. The molecule has 2 heterocycles. The van der Waals surface area contributed by atoms with Crippen LogP contribution < -0.4 is 0 Å². The molecule has 6 heteroatoms. The first-order chi connectivity index (χ1) is 10.2. The lowest BCUT2D eigenvalue weighted by atomic mass is 10.1. The average Bonchev–Trinajstić information content (AvgIpc) is 3.02. The minimum absolute atomic E-state index is 0.0351. The van der Waals surface area contributed by atoms with E-state index in [0.717, 1.165) is 0 Å². The summed E-state index contributed by atoms with van der Waals surface area (Å²) in [5, 5.41) is 4.94. The summed E-state index contributed by atoms with van der Waals surface area (Å²) in [5.74, 6) is -0.631. The Labute approximate surface area is 120 Å². The molecule has 0 amide bonds. The van der Waals surface area contributed by atoms with Crippen molar-refractivity contribution in [2.24, 2.45) is 0 Å². The molecule has 1 aliphatic rings. The summed E-state index contributed by atoms with van der Waals surface area (Å²) in [6.45, 7) is 0.346.